The molecule has 0 amide bonds. The molecule has 3 heteroatoms. The fraction of sp³-hybridized carbons (Fsp3) is 0.625. The van der Waals surface area contributed by atoms with Crippen molar-refractivity contribution < 1.29 is 0 Å². The molecular formula is C16H25N3. The second kappa shape index (κ2) is 5.23. The molecule has 104 valence electrons. The first-order chi connectivity index (χ1) is 9.22. The van der Waals surface area contributed by atoms with Gasteiger partial charge in [-0.2, -0.15) is 0 Å². The van der Waals surface area contributed by atoms with Crippen LogP contribution in [0.4, 0.5) is 0 Å². The zero-order chi connectivity index (χ0) is 13.3. The van der Waals surface area contributed by atoms with Gasteiger partial charge in [-0.3, -0.25) is 4.90 Å². The van der Waals surface area contributed by atoms with Gasteiger partial charge in [0.15, 0.2) is 0 Å². The van der Waals surface area contributed by atoms with Gasteiger partial charge in [-0.1, -0.05) is 30.3 Å². The van der Waals surface area contributed by atoms with E-state index in [-0.39, 0.29) is 0 Å². The van der Waals surface area contributed by atoms with Crippen LogP contribution in [0.5, 0.6) is 0 Å². The molecule has 0 aromatic heterocycles. The maximum atomic E-state index is 5.96. The van der Waals surface area contributed by atoms with E-state index < -0.39 is 0 Å². The average Bonchev–Trinajstić information content (AvgIpc) is 3.22. The number of piperazine rings is 1. The van der Waals surface area contributed by atoms with Crippen molar-refractivity contribution in [3.8, 4) is 0 Å². The number of nitrogens with two attached hydrogens (primary N) is 1. The highest BCUT2D eigenvalue weighted by atomic mass is 15.3. The van der Waals surface area contributed by atoms with E-state index in [1.54, 1.807) is 0 Å². The number of nitrogens with zero attached hydrogens (tertiary/aromatic N) is 2. The molecule has 3 rings (SSSR count). The zero-order valence-corrected chi connectivity index (χ0v) is 11.9. The summed E-state index contributed by atoms with van der Waals surface area (Å²) in [7, 11) is 2.23. The van der Waals surface area contributed by atoms with Gasteiger partial charge in [0.05, 0.1) is 0 Å². The first kappa shape index (κ1) is 13.1. The second-order valence-corrected chi connectivity index (χ2v) is 6.36. The van der Waals surface area contributed by atoms with Crippen LogP contribution in [0.15, 0.2) is 30.3 Å². The van der Waals surface area contributed by atoms with Gasteiger partial charge in [-0.25, -0.2) is 0 Å². The molecule has 2 N–H and O–H groups in total. The molecular weight excluding hydrogens is 234 g/mol. The third kappa shape index (κ3) is 2.83. The Kier molecular flexibility index (Phi) is 3.61. The molecule has 1 aromatic rings. The summed E-state index contributed by atoms with van der Waals surface area (Å²) in [6.45, 7) is 5.49. The lowest BCUT2D eigenvalue weighted by atomic mass is 9.99. The van der Waals surface area contributed by atoms with E-state index in [0.717, 1.165) is 19.6 Å². The number of likely N-dealkylation sites (N-methyl/N-ethyl adjacent to an activating group) is 1. The van der Waals surface area contributed by atoms with Crippen LogP contribution in [0.1, 0.15) is 24.4 Å². The van der Waals surface area contributed by atoms with E-state index in [1.807, 2.05) is 0 Å². The lowest BCUT2D eigenvalue weighted by Crippen LogP contribution is -2.49. The molecule has 1 atom stereocenters. The number of rotatable bonds is 4. The summed E-state index contributed by atoms with van der Waals surface area (Å²) in [5.74, 6) is 0. The highest BCUT2D eigenvalue weighted by Gasteiger charge is 2.44. The van der Waals surface area contributed by atoms with Crippen LogP contribution in [0.2, 0.25) is 0 Å². The van der Waals surface area contributed by atoms with E-state index in [9.17, 15) is 0 Å². The van der Waals surface area contributed by atoms with Gasteiger partial charge in [-0.05, 0) is 37.4 Å². The zero-order valence-electron chi connectivity index (χ0n) is 11.9. The Balaban J connectivity index is 1.76. The van der Waals surface area contributed by atoms with Crippen molar-refractivity contribution in [2.45, 2.75) is 18.9 Å². The molecule has 3 nitrogen and oxygen atoms in total. The molecule has 0 radical (unpaired) electrons. The predicted octanol–water partition coefficient (Wildman–Crippen LogP) is 1.71. The van der Waals surface area contributed by atoms with Crippen molar-refractivity contribution in [2.75, 3.05) is 39.8 Å². The summed E-state index contributed by atoms with van der Waals surface area (Å²) >= 11 is 0. The highest BCUT2D eigenvalue weighted by Crippen LogP contribution is 2.46. The molecule has 1 saturated heterocycles. The average molecular weight is 259 g/mol. The summed E-state index contributed by atoms with van der Waals surface area (Å²) in [5, 5.41) is 0. The smallest absolute Gasteiger partial charge is 0.0475 e. The Hall–Kier alpha value is -0.900. The summed E-state index contributed by atoms with van der Waals surface area (Å²) in [6.07, 6.45) is 2.63. The van der Waals surface area contributed by atoms with Crippen molar-refractivity contribution in [1.82, 2.24) is 9.80 Å². The molecule has 0 bridgehead atoms. The van der Waals surface area contributed by atoms with Gasteiger partial charge in [-0.15, -0.1) is 0 Å². The molecule has 2 fully saturated rings. The normalized spacial score (nSPS) is 27.4. The highest BCUT2D eigenvalue weighted by molar-refractivity contribution is 5.20. The Labute approximate surface area is 116 Å². The van der Waals surface area contributed by atoms with Gasteiger partial charge in [0.1, 0.15) is 0 Å². The Morgan fingerprint density at radius 3 is 2.58 bits per heavy atom. The summed E-state index contributed by atoms with van der Waals surface area (Å²) in [6, 6.07) is 11.5. The minimum atomic E-state index is 0.433. The number of benzene rings is 1. The van der Waals surface area contributed by atoms with Gasteiger partial charge >= 0.3 is 0 Å². The molecule has 1 aliphatic carbocycles. The SMILES string of the molecule is CN1CCN(CC2(CN)CC2)C(c2ccccc2)C1. The van der Waals surface area contributed by atoms with Crippen LogP contribution in [-0.4, -0.2) is 49.6 Å². The first-order valence-electron chi connectivity index (χ1n) is 7.40. The van der Waals surface area contributed by atoms with E-state index in [1.165, 1.54) is 31.5 Å². The molecule has 1 aromatic carbocycles. The van der Waals surface area contributed by atoms with E-state index >= 15 is 0 Å². The molecule has 1 heterocycles. The van der Waals surface area contributed by atoms with E-state index in [0.29, 0.717) is 11.5 Å². The van der Waals surface area contributed by atoms with Gasteiger partial charge in [0.2, 0.25) is 0 Å². The van der Waals surface area contributed by atoms with Gasteiger partial charge < -0.3 is 10.6 Å². The summed E-state index contributed by atoms with van der Waals surface area (Å²) < 4.78 is 0. The quantitative estimate of drug-likeness (QED) is 0.893. The molecule has 1 unspecified atom stereocenters. The third-order valence-electron chi connectivity index (χ3n) is 4.81. The molecule has 0 spiro atoms. The Morgan fingerprint density at radius 1 is 1.21 bits per heavy atom. The fourth-order valence-corrected chi connectivity index (χ4v) is 3.17. The standard InChI is InChI=1S/C16H25N3/c1-18-9-10-19(13-16(12-17)7-8-16)15(11-18)14-5-3-2-4-6-14/h2-6,15H,7-13,17H2,1H3. The topological polar surface area (TPSA) is 32.5 Å². The Morgan fingerprint density at radius 2 is 1.95 bits per heavy atom. The van der Waals surface area contributed by atoms with Crippen LogP contribution in [0, 0.1) is 5.41 Å². The lowest BCUT2D eigenvalue weighted by Gasteiger charge is -2.42. The number of hydrogen-bond donors (Lipinski definition) is 1. The lowest BCUT2D eigenvalue weighted by molar-refractivity contribution is 0.0718. The number of hydrogen-bond acceptors (Lipinski definition) is 3. The fourth-order valence-electron chi connectivity index (χ4n) is 3.17. The Bertz CT molecular complexity index is 413. The van der Waals surface area contributed by atoms with Crippen LogP contribution in [0.25, 0.3) is 0 Å². The van der Waals surface area contributed by atoms with Crippen molar-refractivity contribution in [1.29, 1.82) is 0 Å². The van der Waals surface area contributed by atoms with Crippen LogP contribution >= 0.6 is 0 Å². The van der Waals surface area contributed by atoms with Crippen LogP contribution < -0.4 is 5.73 Å². The molecule has 19 heavy (non-hydrogen) atoms. The van der Waals surface area contributed by atoms with Gasteiger partial charge in [0, 0.05) is 32.2 Å². The minimum Gasteiger partial charge on any atom is -0.330 e. The summed E-state index contributed by atoms with van der Waals surface area (Å²) in [5.41, 5.74) is 7.84. The molecule has 2 aliphatic rings. The summed E-state index contributed by atoms with van der Waals surface area (Å²) in [4.78, 5) is 5.10. The maximum absolute atomic E-state index is 5.96. The molecule has 1 saturated carbocycles. The van der Waals surface area contributed by atoms with E-state index in [4.69, 9.17) is 5.73 Å². The first-order valence-corrected chi connectivity index (χ1v) is 7.40. The third-order valence-corrected chi connectivity index (χ3v) is 4.81. The maximum Gasteiger partial charge on any atom is 0.0475 e. The van der Waals surface area contributed by atoms with Crippen molar-refractivity contribution >= 4 is 0 Å². The van der Waals surface area contributed by atoms with Crippen molar-refractivity contribution in [3.63, 3.8) is 0 Å². The predicted molar refractivity (Wildman–Crippen MR) is 79.0 cm³/mol. The molecule has 1 aliphatic heterocycles. The largest absolute Gasteiger partial charge is 0.330 e. The second-order valence-electron chi connectivity index (χ2n) is 6.36. The van der Waals surface area contributed by atoms with E-state index in [2.05, 4.69) is 47.2 Å². The van der Waals surface area contributed by atoms with Crippen LogP contribution in [0.3, 0.4) is 0 Å². The van der Waals surface area contributed by atoms with Crippen LogP contribution in [-0.2, 0) is 0 Å². The van der Waals surface area contributed by atoms with Crippen molar-refractivity contribution in [3.05, 3.63) is 35.9 Å². The minimum absolute atomic E-state index is 0.433. The van der Waals surface area contributed by atoms with Crippen molar-refractivity contribution in [2.24, 2.45) is 11.1 Å². The van der Waals surface area contributed by atoms with Gasteiger partial charge in [0.25, 0.3) is 0 Å². The monoisotopic (exact) mass is 259 g/mol.